The van der Waals surface area contributed by atoms with E-state index < -0.39 is 0 Å². The molecule has 0 amide bonds. The molecule has 0 heterocycles. The Balaban J connectivity index is 2.46. The van der Waals surface area contributed by atoms with E-state index in [1.807, 2.05) is 0 Å². The minimum atomic E-state index is 0.224. The Morgan fingerprint density at radius 1 is 1.53 bits per heavy atom. The molecular formula is C11H22N2OS. The molecule has 4 heteroatoms. The molecule has 0 aromatic carbocycles. The first-order valence-electron chi connectivity index (χ1n) is 5.62. The third-order valence-corrected chi connectivity index (χ3v) is 3.31. The van der Waals surface area contributed by atoms with Gasteiger partial charge in [-0.05, 0) is 32.1 Å². The Morgan fingerprint density at radius 2 is 2.13 bits per heavy atom. The van der Waals surface area contributed by atoms with E-state index in [4.69, 9.17) is 23.1 Å². The number of nitrogens with two attached hydrogens (primary N) is 1. The topological polar surface area (TPSA) is 49.5 Å². The third kappa shape index (κ3) is 4.05. The molecule has 0 atom stereocenters. The summed E-state index contributed by atoms with van der Waals surface area (Å²) < 4.78 is 0. The van der Waals surface area contributed by atoms with Gasteiger partial charge in [-0.1, -0.05) is 12.2 Å². The highest BCUT2D eigenvalue weighted by Crippen LogP contribution is 2.49. The normalized spacial score (nSPS) is 18.5. The molecule has 1 aliphatic carbocycles. The maximum atomic E-state index is 8.99. The van der Waals surface area contributed by atoms with E-state index in [0.717, 1.165) is 19.5 Å². The molecule has 0 spiro atoms. The zero-order chi connectivity index (χ0) is 11.5. The van der Waals surface area contributed by atoms with Gasteiger partial charge in [0.1, 0.15) is 0 Å². The van der Waals surface area contributed by atoms with Crippen molar-refractivity contribution in [3.05, 3.63) is 0 Å². The van der Waals surface area contributed by atoms with Gasteiger partial charge in [-0.3, -0.25) is 4.90 Å². The number of rotatable bonds is 7. The minimum absolute atomic E-state index is 0.224. The van der Waals surface area contributed by atoms with E-state index >= 15 is 0 Å². The van der Waals surface area contributed by atoms with E-state index in [2.05, 4.69) is 18.7 Å². The highest BCUT2D eigenvalue weighted by atomic mass is 32.1. The van der Waals surface area contributed by atoms with Crippen molar-refractivity contribution in [1.29, 1.82) is 0 Å². The predicted octanol–water partition coefficient (Wildman–Crippen LogP) is 1.15. The van der Waals surface area contributed by atoms with Gasteiger partial charge in [0.15, 0.2) is 0 Å². The standard InChI is InChI=1S/C11H22N2OS/c1-9(2)13(5-6-14)8-11(3-4-11)7-10(12)15/h9,14H,3-8H2,1-2H3,(H2,12,15). The molecule has 0 bridgehead atoms. The summed E-state index contributed by atoms with van der Waals surface area (Å²) in [6, 6.07) is 0.473. The second-order valence-corrected chi connectivity index (χ2v) is 5.46. The van der Waals surface area contributed by atoms with Gasteiger partial charge in [-0.2, -0.15) is 0 Å². The summed E-state index contributed by atoms with van der Waals surface area (Å²) in [5.41, 5.74) is 5.93. The molecule has 3 nitrogen and oxygen atoms in total. The minimum Gasteiger partial charge on any atom is -0.395 e. The van der Waals surface area contributed by atoms with Crippen LogP contribution in [0.5, 0.6) is 0 Å². The number of nitrogens with zero attached hydrogens (tertiary/aromatic N) is 1. The first kappa shape index (κ1) is 12.9. The van der Waals surface area contributed by atoms with E-state index in [-0.39, 0.29) is 6.61 Å². The van der Waals surface area contributed by atoms with Crippen molar-refractivity contribution in [2.24, 2.45) is 11.1 Å². The second-order valence-electron chi connectivity index (χ2n) is 4.93. The van der Waals surface area contributed by atoms with Crippen LogP contribution in [0.3, 0.4) is 0 Å². The van der Waals surface area contributed by atoms with Crippen LogP contribution >= 0.6 is 12.2 Å². The first-order chi connectivity index (χ1) is 6.99. The lowest BCUT2D eigenvalue weighted by molar-refractivity contribution is 0.140. The summed E-state index contributed by atoms with van der Waals surface area (Å²) in [5.74, 6) is 0. The number of hydrogen-bond acceptors (Lipinski definition) is 3. The molecule has 0 unspecified atom stereocenters. The Kier molecular flexibility index (Phi) is 4.49. The Bertz CT molecular complexity index is 227. The van der Waals surface area contributed by atoms with Gasteiger partial charge < -0.3 is 10.8 Å². The van der Waals surface area contributed by atoms with Crippen molar-refractivity contribution in [2.75, 3.05) is 19.7 Å². The lowest BCUT2D eigenvalue weighted by Crippen LogP contribution is -2.39. The molecule has 1 rings (SSSR count). The zero-order valence-corrected chi connectivity index (χ0v) is 10.5. The van der Waals surface area contributed by atoms with Crippen molar-refractivity contribution in [1.82, 2.24) is 4.90 Å². The molecule has 1 fully saturated rings. The SMILES string of the molecule is CC(C)N(CCO)CC1(CC(N)=S)CC1. The molecular weight excluding hydrogens is 208 g/mol. The van der Waals surface area contributed by atoms with Crippen molar-refractivity contribution in [3.63, 3.8) is 0 Å². The molecule has 0 aromatic rings. The zero-order valence-electron chi connectivity index (χ0n) is 9.70. The molecule has 0 aromatic heterocycles. The second kappa shape index (κ2) is 5.23. The van der Waals surface area contributed by atoms with Crippen LogP contribution in [0, 0.1) is 5.41 Å². The molecule has 0 aliphatic heterocycles. The van der Waals surface area contributed by atoms with E-state index in [9.17, 15) is 0 Å². The predicted molar refractivity (Wildman–Crippen MR) is 66.9 cm³/mol. The van der Waals surface area contributed by atoms with Crippen LogP contribution in [0.15, 0.2) is 0 Å². The van der Waals surface area contributed by atoms with Crippen LogP contribution in [0.2, 0.25) is 0 Å². The van der Waals surface area contributed by atoms with Gasteiger partial charge in [0.25, 0.3) is 0 Å². The number of thiocarbonyl (C=S) groups is 1. The van der Waals surface area contributed by atoms with Gasteiger partial charge in [-0.15, -0.1) is 0 Å². The molecule has 0 radical (unpaired) electrons. The van der Waals surface area contributed by atoms with Crippen LogP contribution in [0.4, 0.5) is 0 Å². The summed E-state index contributed by atoms with van der Waals surface area (Å²) in [6.45, 7) is 6.31. The van der Waals surface area contributed by atoms with Crippen LogP contribution in [-0.2, 0) is 0 Å². The monoisotopic (exact) mass is 230 g/mol. The molecule has 1 saturated carbocycles. The van der Waals surface area contributed by atoms with Crippen LogP contribution in [0.1, 0.15) is 33.1 Å². The fraction of sp³-hybridized carbons (Fsp3) is 0.909. The number of aliphatic hydroxyl groups excluding tert-OH is 1. The number of hydrogen-bond donors (Lipinski definition) is 2. The van der Waals surface area contributed by atoms with E-state index in [1.165, 1.54) is 12.8 Å². The molecule has 0 saturated heterocycles. The fourth-order valence-corrected chi connectivity index (χ4v) is 2.32. The van der Waals surface area contributed by atoms with Gasteiger partial charge >= 0.3 is 0 Å². The maximum absolute atomic E-state index is 8.99. The molecule has 1 aliphatic rings. The smallest absolute Gasteiger partial charge is 0.0733 e. The van der Waals surface area contributed by atoms with Crippen molar-refractivity contribution in [3.8, 4) is 0 Å². The molecule has 88 valence electrons. The first-order valence-corrected chi connectivity index (χ1v) is 6.03. The summed E-state index contributed by atoms with van der Waals surface area (Å²) in [4.78, 5) is 2.94. The summed E-state index contributed by atoms with van der Waals surface area (Å²) in [7, 11) is 0. The van der Waals surface area contributed by atoms with Gasteiger partial charge in [0.05, 0.1) is 11.6 Å². The van der Waals surface area contributed by atoms with Crippen LogP contribution in [-0.4, -0.2) is 40.7 Å². The number of aliphatic hydroxyl groups is 1. The lowest BCUT2D eigenvalue weighted by atomic mass is 10.0. The highest BCUT2D eigenvalue weighted by Gasteiger charge is 2.44. The highest BCUT2D eigenvalue weighted by molar-refractivity contribution is 7.80. The lowest BCUT2D eigenvalue weighted by Gasteiger charge is -2.30. The average Bonchev–Trinajstić information content (AvgIpc) is 2.83. The van der Waals surface area contributed by atoms with E-state index in [0.29, 0.717) is 16.4 Å². The third-order valence-electron chi connectivity index (χ3n) is 3.16. The van der Waals surface area contributed by atoms with Crippen LogP contribution < -0.4 is 5.73 Å². The molecule has 3 N–H and O–H groups in total. The quantitative estimate of drug-likeness (QED) is 0.644. The summed E-state index contributed by atoms with van der Waals surface area (Å²) >= 11 is 4.98. The fourth-order valence-electron chi connectivity index (χ4n) is 2.02. The molecule has 15 heavy (non-hydrogen) atoms. The van der Waals surface area contributed by atoms with Gasteiger partial charge in [0, 0.05) is 25.6 Å². The summed E-state index contributed by atoms with van der Waals surface area (Å²) in [5, 5.41) is 8.99. The Hall–Kier alpha value is -0.190. The van der Waals surface area contributed by atoms with Crippen molar-refractivity contribution < 1.29 is 5.11 Å². The maximum Gasteiger partial charge on any atom is 0.0733 e. The van der Waals surface area contributed by atoms with E-state index in [1.54, 1.807) is 0 Å². The van der Waals surface area contributed by atoms with Crippen molar-refractivity contribution in [2.45, 2.75) is 39.2 Å². The van der Waals surface area contributed by atoms with Gasteiger partial charge in [-0.25, -0.2) is 0 Å². The largest absolute Gasteiger partial charge is 0.395 e. The Labute approximate surface area is 97.6 Å². The Morgan fingerprint density at radius 3 is 2.47 bits per heavy atom. The van der Waals surface area contributed by atoms with Crippen molar-refractivity contribution >= 4 is 17.2 Å². The average molecular weight is 230 g/mol. The van der Waals surface area contributed by atoms with Gasteiger partial charge in [0.2, 0.25) is 0 Å². The summed E-state index contributed by atoms with van der Waals surface area (Å²) in [6.07, 6.45) is 3.30. The van der Waals surface area contributed by atoms with Crippen LogP contribution in [0.25, 0.3) is 0 Å².